The van der Waals surface area contributed by atoms with E-state index in [1.165, 1.54) is 11.9 Å². The van der Waals surface area contributed by atoms with Crippen molar-refractivity contribution < 1.29 is 14.4 Å². The minimum atomic E-state index is -0.826. The first-order valence-corrected chi connectivity index (χ1v) is 6.98. The molecular formula is C12H23N7O3. The van der Waals surface area contributed by atoms with Crippen LogP contribution in [0.25, 0.3) is 0 Å². The summed E-state index contributed by atoms with van der Waals surface area (Å²) in [4.78, 5) is 40.1. The Kier molecular flexibility index (Phi) is 6.73. The quantitative estimate of drug-likeness (QED) is 0.362. The van der Waals surface area contributed by atoms with Gasteiger partial charge in [-0.15, -0.1) is 0 Å². The highest BCUT2D eigenvalue weighted by molar-refractivity contribution is 6.07. The molecule has 1 aliphatic rings. The van der Waals surface area contributed by atoms with Crippen LogP contribution in [0, 0.1) is 0 Å². The van der Waals surface area contributed by atoms with Crippen LogP contribution in [0.15, 0.2) is 4.99 Å². The van der Waals surface area contributed by atoms with Crippen LogP contribution in [-0.4, -0.2) is 60.9 Å². The van der Waals surface area contributed by atoms with Crippen LogP contribution in [0.2, 0.25) is 0 Å². The molecule has 0 spiro atoms. The fraction of sp³-hybridized carbons (Fsp3) is 0.667. The van der Waals surface area contributed by atoms with Crippen LogP contribution >= 0.6 is 0 Å². The Morgan fingerprint density at radius 1 is 1.55 bits per heavy atom. The van der Waals surface area contributed by atoms with Gasteiger partial charge in [-0.25, -0.2) is 9.79 Å². The van der Waals surface area contributed by atoms with Crippen LogP contribution in [0.5, 0.6) is 0 Å². The zero-order valence-corrected chi connectivity index (χ0v) is 12.5. The number of nitrogens with zero attached hydrogens (tertiary/aromatic N) is 2. The number of carbonyl (C=O) groups is 3. The number of aliphatic imine (C=N–C) groups is 1. The molecule has 4 amide bonds. The van der Waals surface area contributed by atoms with E-state index in [-0.39, 0.29) is 30.9 Å². The van der Waals surface area contributed by atoms with Gasteiger partial charge < -0.3 is 22.1 Å². The molecule has 124 valence electrons. The number of amides is 4. The molecule has 1 rings (SSSR count). The van der Waals surface area contributed by atoms with E-state index < -0.39 is 18.0 Å². The summed E-state index contributed by atoms with van der Waals surface area (Å²) in [5, 5.41) is 4.56. The van der Waals surface area contributed by atoms with Gasteiger partial charge in [0.25, 0.3) is 5.91 Å². The number of primary amides is 1. The molecule has 0 aromatic rings. The summed E-state index contributed by atoms with van der Waals surface area (Å²) < 4.78 is 0. The molecule has 8 N–H and O–H groups in total. The van der Waals surface area contributed by atoms with Crippen molar-refractivity contribution in [3.05, 3.63) is 0 Å². The van der Waals surface area contributed by atoms with Gasteiger partial charge in [0.15, 0.2) is 0 Å². The highest BCUT2D eigenvalue weighted by Crippen LogP contribution is 2.07. The first-order valence-electron chi connectivity index (χ1n) is 6.98. The maximum absolute atomic E-state index is 12.1. The molecule has 0 saturated carbocycles. The van der Waals surface area contributed by atoms with Gasteiger partial charge in [0, 0.05) is 19.5 Å². The Morgan fingerprint density at radius 2 is 2.23 bits per heavy atom. The molecule has 10 heteroatoms. The molecule has 22 heavy (non-hydrogen) atoms. The number of hydrogen-bond acceptors (Lipinski definition) is 6. The van der Waals surface area contributed by atoms with Crippen LogP contribution < -0.4 is 27.8 Å². The van der Waals surface area contributed by atoms with Gasteiger partial charge in [-0.3, -0.25) is 20.2 Å². The lowest BCUT2D eigenvalue weighted by Crippen LogP contribution is -2.58. The van der Waals surface area contributed by atoms with Gasteiger partial charge in [0.05, 0.1) is 6.54 Å². The third-order valence-electron chi connectivity index (χ3n) is 3.28. The molecule has 1 heterocycles. The van der Waals surface area contributed by atoms with Crippen molar-refractivity contribution in [1.29, 1.82) is 0 Å². The first kappa shape index (κ1) is 17.9. The lowest BCUT2D eigenvalue weighted by atomic mass is 10.1. The van der Waals surface area contributed by atoms with E-state index in [0.29, 0.717) is 13.0 Å². The lowest BCUT2D eigenvalue weighted by molar-refractivity contribution is -0.138. The average molecular weight is 313 g/mol. The molecule has 0 aromatic heterocycles. The van der Waals surface area contributed by atoms with Crippen molar-refractivity contribution in [3.63, 3.8) is 0 Å². The van der Waals surface area contributed by atoms with E-state index in [0.717, 1.165) is 6.42 Å². The molecular weight excluding hydrogens is 290 g/mol. The van der Waals surface area contributed by atoms with E-state index in [9.17, 15) is 14.4 Å². The van der Waals surface area contributed by atoms with Crippen molar-refractivity contribution in [2.24, 2.45) is 22.2 Å². The van der Waals surface area contributed by atoms with Gasteiger partial charge in [0.2, 0.25) is 11.9 Å². The number of guanidine groups is 1. The smallest absolute Gasteiger partial charge is 0.318 e. The van der Waals surface area contributed by atoms with E-state index in [2.05, 4.69) is 15.6 Å². The van der Waals surface area contributed by atoms with Crippen molar-refractivity contribution in [2.45, 2.75) is 31.3 Å². The predicted molar refractivity (Wildman–Crippen MR) is 80.6 cm³/mol. The van der Waals surface area contributed by atoms with Crippen LogP contribution in [0.1, 0.15) is 19.3 Å². The fourth-order valence-corrected chi connectivity index (χ4v) is 2.01. The summed E-state index contributed by atoms with van der Waals surface area (Å²) in [5.41, 5.74) is 16.2. The van der Waals surface area contributed by atoms with Gasteiger partial charge in [-0.1, -0.05) is 0 Å². The second-order valence-corrected chi connectivity index (χ2v) is 5.08. The van der Waals surface area contributed by atoms with Crippen LogP contribution in [-0.2, 0) is 9.59 Å². The minimum absolute atomic E-state index is 0.0192. The zero-order chi connectivity index (χ0) is 16.7. The Hall–Kier alpha value is -2.20. The second kappa shape index (κ2) is 8.29. The molecule has 1 aliphatic heterocycles. The van der Waals surface area contributed by atoms with E-state index >= 15 is 0 Å². The van der Waals surface area contributed by atoms with Crippen LogP contribution in [0.4, 0.5) is 4.79 Å². The molecule has 0 fully saturated rings. The van der Waals surface area contributed by atoms with Gasteiger partial charge in [-0.2, -0.15) is 0 Å². The maximum Gasteiger partial charge on any atom is 0.318 e. The molecule has 0 radical (unpaired) electrons. The van der Waals surface area contributed by atoms with Crippen molar-refractivity contribution in [3.8, 4) is 0 Å². The summed E-state index contributed by atoms with van der Waals surface area (Å²) in [6.45, 7) is 0.564. The predicted octanol–water partition coefficient (Wildman–Crippen LogP) is -2.58. The van der Waals surface area contributed by atoms with Gasteiger partial charge in [-0.05, 0) is 19.4 Å². The molecule has 0 saturated heterocycles. The molecule has 0 unspecified atom stereocenters. The SMILES string of the molecule is CN(C(=O)C[C@@H](N)CCCN)[C@H]1CN=C(NC(N)=O)NC1=O. The Labute approximate surface area is 128 Å². The number of urea groups is 1. The Morgan fingerprint density at radius 3 is 2.77 bits per heavy atom. The zero-order valence-electron chi connectivity index (χ0n) is 12.5. The monoisotopic (exact) mass is 313 g/mol. The number of carbonyl (C=O) groups excluding carboxylic acids is 3. The first-order chi connectivity index (χ1) is 10.3. The highest BCUT2D eigenvalue weighted by atomic mass is 16.2. The summed E-state index contributed by atoms with van der Waals surface area (Å²) >= 11 is 0. The van der Waals surface area contributed by atoms with Crippen molar-refractivity contribution in [1.82, 2.24) is 15.5 Å². The third kappa shape index (κ3) is 5.30. The maximum atomic E-state index is 12.1. The highest BCUT2D eigenvalue weighted by Gasteiger charge is 2.31. The molecule has 0 aliphatic carbocycles. The van der Waals surface area contributed by atoms with E-state index in [4.69, 9.17) is 17.2 Å². The second-order valence-electron chi connectivity index (χ2n) is 5.08. The normalized spacial score (nSPS) is 19.0. The molecule has 2 atom stereocenters. The van der Waals surface area contributed by atoms with E-state index in [1.54, 1.807) is 0 Å². The number of rotatable bonds is 6. The summed E-state index contributed by atoms with van der Waals surface area (Å²) in [7, 11) is 1.52. The standard InChI is InChI=1S/C12H23N7O3/c1-19(9(20)5-7(14)3-2-4-13)8-6-16-12(17-10(8)21)18-11(15)22/h7-8H,2-6,13-14H2,1H3,(H4,15,16,17,18,21,22)/t7-,8-/m0/s1. The van der Waals surface area contributed by atoms with Gasteiger partial charge >= 0.3 is 6.03 Å². The topological polar surface area (TPSA) is 169 Å². The Bertz CT molecular complexity index is 466. The Balaban J connectivity index is 2.56. The lowest BCUT2D eigenvalue weighted by Gasteiger charge is -2.30. The number of likely N-dealkylation sites (N-methyl/N-ethyl adjacent to an activating group) is 1. The van der Waals surface area contributed by atoms with E-state index in [1.807, 2.05) is 0 Å². The molecule has 10 nitrogen and oxygen atoms in total. The summed E-state index contributed by atoms with van der Waals surface area (Å²) in [5.74, 6) is -0.703. The summed E-state index contributed by atoms with van der Waals surface area (Å²) in [6, 6.07) is -1.86. The largest absolute Gasteiger partial charge is 0.351 e. The molecule has 0 bridgehead atoms. The number of nitrogens with one attached hydrogen (secondary N) is 2. The summed E-state index contributed by atoms with van der Waals surface area (Å²) in [6.07, 6.45) is 1.53. The van der Waals surface area contributed by atoms with Crippen LogP contribution in [0.3, 0.4) is 0 Å². The average Bonchev–Trinajstić information content (AvgIpc) is 2.43. The van der Waals surface area contributed by atoms with Gasteiger partial charge in [0.1, 0.15) is 6.04 Å². The minimum Gasteiger partial charge on any atom is -0.351 e. The number of nitrogens with two attached hydrogens (primary N) is 3. The third-order valence-corrected chi connectivity index (χ3v) is 3.28. The van der Waals surface area contributed by atoms with Crippen molar-refractivity contribution >= 4 is 23.8 Å². The number of hydrogen-bond donors (Lipinski definition) is 5. The fourth-order valence-electron chi connectivity index (χ4n) is 2.01. The molecule has 0 aromatic carbocycles. The van der Waals surface area contributed by atoms with Crippen molar-refractivity contribution in [2.75, 3.05) is 20.1 Å².